The first-order chi connectivity index (χ1) is 7.98. The zero-order valence-electron chi connectivity index (χ0n) is 10.3. The Morgan fingerprint density at radius 3 is 2.88 bits per heavy atom. The van der Waals surface area contributed by atoms with Crippen LogP contribution in [0.2, 0.25) is 0 Å². The second kappa shape index (κ2) is 4.61. The first-order valence-corrected chi connectivity index (χ1v) is 6.75. The monoisotopic (exact) mass is 250 g/mol. The van der Waals surface area contributed by atoms with Gasteiger partial charge in [0.25, 0.3) is 5.91 Å². The van der Waals surface area contributed by atoms with E-state index in [4.69, 9.17) is 5.73 Å². The first-order valence-electron chi connectivity index (χ1n) is 5.77. The third-order valence-electron chi connectivity index (χ3n) is 2.85. The van der Waals surface area contributed by atoms with Crippen molar-refractivity contribution in [1.29, 1.82) is 0 Å². The van der Waals surface area contributed by atoms with Gasteiger partial charge in [-0.1, -0.05) is 6.07 Å². The Morgan fingerprint density at radius 2 is 2.24 bits per heavy atom. The molecular weight excluding hydrogens is 232 g/mol. The van der Waals surface area contributed by atoms with Crippen molar-refractivity contribution in [3.8, 4) is 0 Å². The second-order valence-corrected chi connectivity index (χ2v) is 6.76. The van der Waals surface area contributed by atoms with Crippen LogP contribution < -0.4 is 5.73 Å². The highest BCUT2D eigenvalue weighted by molar-refractivity contribution is 8.00. The number of carbonyl (C=O) groups excluding carboxylic acids is 1. The smallest absolute Gasteiger partial charge is 0.254 e. The minimum Gasteiger partial charge on any atom is -0.399 e. The molecule has 4 heteroatoms. The highest BCUT2D eigenvalue weighted by Crippen LogP contribution is 2.30. The van der Waals surface area contributed by atoms with Gasteiger partial charge >= 0.3 is 0 Å². The molecule has 1 fully saturated rings. The lowest BCUT2D eigenvalue weighted by Crippen LogP contribution is -2.46. The zero-order valence-corrected chi connectivity index (χ0v) is 11.1. The van der Waals surface area contributed by atoms with E-state index in [1.54, 1.807) is 12.1 Å². The molecule has 1 aliphatic rings. The molecule has 0 aromatic heterocycles. The summed E-state index contributed by atoms with van der Waals surface area (Å²) in [5, 5.41) is 0. The van der Waals surface area contributed by atoms with Gasteiger partial charge in [0.2, 0.25) is 0 Å². The minimum absolute atomic E-state index is 0.0886. The molecule has 2 N–H and O–H groups in total. The maximum atomic E-state index is 12.3. The highest BCUT2D eigenvalue weighted by Gasteiger charge is 2.30. The van der Waals surface area contributed by atoms with Crippen LogP contribution in [0.4, 0.5) is 5.69 Å². The standard InChI is InChI=1S/C13H18N2OS/c1-13(2)9-15(6-7-17-13)12(16)10-4-3-5-11(14)8-10/h3-5,8H,6-7,9,14H2,1-2H3. The van der Waals surface area contributed by atoms with E-state index >= 15 is 0 Å². The zero-order chi connectivity index (χ0) is 12.5. The number of hydrogen-bond acceptors (Lipinski definition) is 3. The number of nitrogen functional groups attached to an aromatic ring is 1. The number of nitrogens with zero attached hydrogens (tertiary/aromatic N) is 1. The summed E-state index contributed by atoms with van der Waals surface area (Å²) in [5.41, 5.74) is 7.03. The van der Waals surface area contributed by atoms with Crippen molar-refractivity contribution in [3.63, 3.8) is 0 Å². The maximum Gasteiger partial charge on any atom is 0.254 e. The first kappa shape index (κ1) is 12.3. The summed E-state index contributed by atoms with van der Waals surface area (Å²) in [5.74, 6) is 1.09. The SMILES string of the molecule is CC1(C)CN(C(=O)c2cccc(N)c2)CCS1. The number of anilines is 1. The maximum absolute atomic E-state index is 12.3. The molecule has 0 aliphatic carbocycles. The Bertz CT molecular complexity index is 431. The minimum atomic E-state index is 0.0886. The Kier molecular flexibility index (Phi) is 3.33. The normalized spacial score (nSPS) is 19.1. The molecule has 0 bridgehead atoms. The Hall–Kier alpha value is -1.16. The molecule has 1 amide bonds. The summed E-state index contributed by atoms with van der Waals surface area (Å²) in [6.45, 7) is 5.97. The molecule has 0 unspecified atom stereocenters. The molecule has 92 valence electrons. The van der Waals surface area contributed by atoms with E-state index in [0.29, 0.717) is 11.3 Å². The van der Waals surface area contributed by atoms with Crippen LogP contribution in [0, 0.1) is 0 Å². The van der Waals surface area contributed by atoms with Crippen molar-refractivity contribution < 1.29 is 4.79 Å². The molecule has 0 saturated carbocycles. The van der Waals surface area contributed by atoms with Gasteiger partial charge in [0.1, 0.15) is 0 Å². The average molecular weight is 250 g/mol. The predicted octanol–water partition coefficient (Wildman–Crippen LogP) is 2.24. The van der Waals surface area contributed by atoms with Gasteiger partial charge in [-0.25, -0.2) is 0 Å². The third kappa shape index (κ3) is 2.94. The summed E-state index contributed by atoms with van der Waals surface area (Å²) in [4.78, 5) is 14.2. The Morgan fingerprint density at radius 1 is 1.47 bits per heavy atom. The quantitative estimate of drug-likeness (QED) is 0.778. The average Bonchev–Trinajstić information content (AvgIpc) is 2.26. The summed E-state index contributed by atoms with van der Waals surface area (Å²) in [7, 11) is 0. The fourth-order valence-electron chi connectivity index (χ4n) is 2.04. The van der Waals surface area contributed by atoms with E-state index in [1.165, 1.54) is 0 Å². The number of rotatable bonds is 1. The van der Waals surface area contributed by atoms with E-state index in [1.807, 2.05) is 28.8 Å². The van der Waals surface area contributed by atoms with Crippen LogP contribution in [0.25, 0.3) is 0 Å². The summed E-state index contributed by atoms with van der Waals surface area (Å²) >= 11 is 1.92. The Balaban J connectivity index is 2.15. The van der Waals surface area contributed by atoms with Crippen LogP contribution in [0.1, 0.15) is 24.2 Å². The molecule has 1 saturated heterocycles. The summed E-state index contributed by atoms with van der Waals surface area (Å²) in [6, 6.07) is 7.20. The van der Waals surface area contributed by atoms with E-state index < -0.39 is 0 Å². The third-order valence-corrected chi connectivity index (χ3v) is 4.14. The molecule has 1 aliphatic heterocycles. The molecule has 3 nitrogen and oxygen atoms in total. The van der Waals surface area contributed by atoms with Crippen LogP contribution in [0.3, 0.4) is 0 Å². The van der Waals surface area contributed by atoms with Gasteiger partial charge in [0, 0.05) is 34.8 Å². The van der Waals surface area contributed by atoms with Crippen molar-refractivity contribution in [1.82, 2.24) is 4.90 Å². The van der Waals surface area contributed by atoms with E-state index in [-0.39, 0.29) is 10.7 Å². The molecule has 1 heterocycles. The number of nitrogens with two attached hydrogens (primary N) is 1. The molecule has 1 aromatic carbocycles. The molecule has 2 rings (SSSR count). The van der Waals surface area contributed by atoms with Crippen molar-refractivity contribution >= 4 is 23.4 Å². The fraction of sp³-hybridized carbons (Fsp3) is 0.462. The number of carbonyl (C=O) groups is 1. The second-order valence-electron chi connectivity index (χ2n) is 4.96. The van der Waals surface area contributed by atoms with Crippen molar-refractivity contribution in [3.05, 3.63) is 29.8 Å². The lowest BCUT2D eigenvalue weighted by molar-refractivity contribution is 0.0748. The van der Waals surface area contributed by atoms with Crippen molar-refractivity contribution in [2.24, 2.45) is 0 Å². The highest BCUT2D eigenvalue weighted by atomic mass is 32.2. The lowest BCUT2D eigenvalue weighted by Gasteiger charge is -2.37. The van der Waals surface area contributed by atoms with Crippen LogP contribution in [-0.4, -0.2) is 34.4 Å². The van der Waals surface area contributed by atoms with E-state index in [0.717, 1.165) is 18.8 Å². The van der Waals surface area contributed by atoms with Crippen molar-refractivity contribution in [2.45, 2.75) is 18.6 Å². The molecule has 17 heavy (non-hydrogen) atoms. The molecule has 0 atom stereocenters. The van der Waals surface area contributed by atoms with Gasteiger partial charge in [0.05, 0.1) is 0 Å². The Labute approximate surface area is 106 Å². The van der Waals surface area contributed by atoms with Crippen LogP contribution >= 0.6 is 11.8 Å². The van der Waals surface area contributed by atoms with Crippen molar-refractivity contribution in [2.75, 3.05) is 24.6 Å². The summed E-state index contributed by atoms with van der Waals surface area (Å²) in [6.07, 6.45) is 0. The molecule has 0 spiro atoms. The molecule has 0 radical (unpaired) electrons. The van der Waals surface area contributed by atoms with Gasteiger partial charge in [-0.15, -0.1) is 0 Å². The molecule has 1 aromatic rings. The summed E-state index contributed by atoms with van der Waals surface area (Å²) < 4.78 is 0.147. The largest absolute Gasteiger partial charge is 0.399 e. The van der Waals surface area contributed by atoms with Gasteiger partial charge in [0.15, 0.2) is 0 Å². The number of hydrogen-bond donors (Lipinski definition) is 1. The topological polar surface area (TPSA) is 46.3 Å². The van der Waals surface area contributed by atoms with Gasteiger partial charge < -0.3 is 10.6 Å². The fourth-order valence-corrected chi connectivity index (χ4v) is 3.16. The van der Waals surface area contributed by atoms with Crippen LogP contribution in [0.15, 0.2) is 24.3 Å². The molecular formula is C13H18N2OS. The number of thioether (sulfide) groups is 1. The predicted molar refractivity (Wildman–Crippen MR) is 73.3 cm³/mol. The van der Waals surface area contributed by atoms with E-state index in [2.05, 4.69) is 13.8 Å². The van der Waals surface area contributed by atoms with Gasteiger partial charge in [-0.2, -0.15) is 11.8 Å². The number of amides is 1. The van der Waals surface area contributed by atoms with Crippen LogP contribution in [0.5, 0.6) is 0 Å². The van der Waals surface area contributed by atoms with Gasteiger partial charge in [-0.05, 0) is 32.0 Å². The van der Waals surface area contributed by atoms with Gasteiger partial charge in [-0.3, -0.25) is 4.79 Å². The van der Waals surface area contributed by atoms with E-state index in [9.17, 15) is 4.79 Å². The number of benzene rings is 1. The lowest BCUT2D eigenvalue weighted by atomic mass is 10.1. The van der Waals surface area contributed by atoms with Crippen LogP contribution in [-0.2, 0) is 0 Å².